The highest BCUT2D eigenvalue weighted by atomic mass is 32.2. The van der Waals surface area contributed by atoms with Gasteiger partial charge in [0.2, 0.25) is 0 Å². The summed E-state index contributed by atoms with van der Waals surface area (Å²) < 4.78 is 3.69. The van der Waals surface area contributed by atoms with Gasteiger partial charge in [-0.3, -0.25) is 9.59 Å². The van der Waals surface area contributed by atoms with Crippen LogP contribution in [0, 0.1) is 6.92 Å². The van der Waals surface area contributed by atoms with Gasteiger partial charge in [0.15, 0.2) is 5.16 Å². The molecule has 36 heavy (non-hydrogen) atoms. The van der Waals surface area contributed by atoms with Crippen LogP contribution >= 0.6 is 11.8 Å². The van der Waals surface area contributed by atoms with Crippen molar-refractivity contribution in [3.8, 4) is 0 Å². The smallest absolute Gasteiger partial charge is 0.277 e. The van der Waals surface area contributed by atoms with Crippen LogP contribution in [0.15, 0.2) is 63.5 Å². The SMILES string of the molecule is CCCCCCCCCCCn1cc(Cc2ccn(C)c(=O)c2)c(=O)nc1SCc1ccc(C)cc1. The number of thioether (sulfide) groups is 1. The monoisotopic (exact) mass is 507 g/mol. The van der Waals surface area contributed by atoms with Crippen LogP contribution in [-0.4, -0.2) is 14.1 Å². The Morgan fingerprint density at radius 1 is 0.861 bits per heavy atom. The van der Waals surface area contributed by atoms with Crippen LogP contribution in [0.1, 0.15) is 87.0 Å². The molecule has 0 atom stereocenters. The zero-order valence-electron chi connectivity index (χ0n) is 22.2. The Morgan fingerprint density at radius 2 is 1.53 bits per heavy atom. The molecule has 3 aromatic rings. The maximum absolute atomic E-state index is 12.9. The molecule has 0 fully saturated rings. The highest BCUT2D eigenvalue weighted by Gasteiger charge is 2.11. The first-order chi connectivity index (χ1) is 17.5. The van der Waals surface area contributed by atoms with Gasteiger partial charge in [0, 0.05) is 49.8 Å². The predicted molar refractivity (Wildman–Crippen MR) is 151 cm³/mol. The first-order valence-corrected chi connectivity index (χ1v) is 14.4. The highest BCUT2D eigenvalue weighted by Crippen LogP contribution is 2.22. The Kier molecular flexibility index (Phi) is 11.5. The lowest BCUT2D eigenvalue weighted by Crippen LogP contribution is -2.21. The molecule has 0 amide bonds. The topological polar surface area (TPSA) is 56.9 Å². The zero-order valence-corrected chi connectivity index (χ0v) is 23.0. The third-order valence-corrected chi connectivity index (χ3v) is 7.65. The van der Waals surface area contributed by atoms with Crippen molar-refractivity contribution < 1.29 is 0 Å². The second kappa shape index (κ2) is 14.8. The fourth-order valence-corrected chi connectivity index (χ4v) is 5.21. The lowest BCUT2D eigenvalue weighted by atomic mass is 10.1. The summed E-state index contributed by atoms with van der Waals surface area (Å²) in [4.78, 5) is 29.4. The van der Waals surface area contributed by atoms with Gasteiger partial charge in [-0.05, 0) is 30.5 Å². The van der Waals surface area contributed by atoms with Gasteiger partial charge in [0.25, 0.3) is 11.1 Å². The van der Waals surface area contributed by atoms with Gasteiger partial charge in [-0.1, -0.05) is 99.9 Å². The van der Waals surface area contributed by atoms with Crippen LogP contribution in [0.2, 0.25) is 0 Å². The summed E-state index contributed by atoms with van der Waals surface area (Å²) in [6.45, 7) is 5.19. The molecule has 0 bridgehead atoms. The summed E-state index contributed by atoms with van der Waals surface area (Å²) in [5.41, 5.74) is 3.67. The minimum absolute atomic E-state index is 0.0687. The third kappa shape index (κ3) is 9.12. The summed E-state index contributed by atoms with van der Waals surface area (Å²) >= 11 is 1.62. The molecule has 0 unspecified atom stereocenters. The molecule has 2 heterocycles. The number of hydrogen-bond donors (Lipinski definition) is 0. The number of nitrogens with zero attached hydrogens (tertiary/aromatic N) is 3. The van der Waals surface area contributed by atoms with E-state index in [-0.39, 0.29) is 11.1 Å². The molecule has 0 radical (unpaired) electrons. The maximum Gasteiger partial charge on any atom is 0.277 e. The quantitative estimate of drug-likeness (QED) is 0.131. The molecule has 0 spiro atoms. The van der Waals surface area contributed by atoms with E-state index in [4.69, 9.17) is 0 Å². The average Bonchev–Trinajstić information content (AvgIpc) is 2.87. The van der Waals surface area contributed by atoms with E-state index < -0.39 is 0 Å². The lowest BCUT2D eigenvalue weighted by molar-refractivity contribution is 0.513. The van der Waals surface area contributed by atoms with Crippen molar-refractivity contribution in [3.63, 3.8) is 0 Å². The molecule has 5 nitrogen and oxygen atoms in total. The summed E-state index contributed by atoms with van der Waals surface area (Å²) in [7, 11) is 1.73. The zero-order chi connectivity index (χ0) is 25.8. The normalized spacial score (nSPS) is 11.2. The molecular formula is C30H41N3O2S. The Bertz CT molecular complexity index is 1200. The van der Waals surface area contributed by atoms with Gasteiger partial charge >= 0.3 is 0 Å². The highest BCUT2D eigenvalue weighted by molar-refractivity contribution is 7.98. The first kappa shape index (κ1) is 28.0. The van der Waals surface area contributed by atoms with Gasteiger partial charge in [0.1, 0.15) is 0 Å². The van der Waals surface area contributed by atoms with Crippen molar-refractivity contribution in [2.24, 2.45) is 7.05 Å². The summed E-state index contributed by atoms with van der Waals surface area (Å²) in [6, 6.07) is 12.0. The van der Waals surface area contributed by atoms with Gasteiger partial charge < -0.3 is 9.13 Å². The lowest BCUT2D eigenvalue weighted by Gasteiger charge is -2.14. The average molecular weight is 508 g/mol. The van der Waals surface area contributed by atoms with Crippen LogP contribution in [0.4, 0.5) is 0 Å². The van der Waals surface area contributed by atoms with E-state index >= 15 is 0 Å². The van der Waals surface area contributed by atoms with Gasteiger partial charge in [0.05, 0.1) is 0 Å². The molecule has 0 aliphatic carbocycles. The summed E-state index contributed by atoms with van der Waals surface area (Å²) in [5.74, 6) is 0.776. The number of aryl methyl sites for hydroxylation is 3. The van der Waals surface area contributed by atoms with E-state index in [1.54, 1.807) is 31.1 Å². The molecule has 0 aliphatic heterocycles. The number of pyridine rings is 1. The Hall–Kier alpha value is -2.60. The van der Waals surface area contributed by atoms with Crippen LogP contribution in [0.3, 0.4) is 0 Å². The number of rotatable bonds is 15. The number of benzene rings is 1. The second-order valence-electron chi connectivity index (χ2n) is 9.81. The Labute approximate surface area is 220 Å². The van der Waals surface area contributed by atoms with Gasteiger partial charge in [-0.15, -0.1) is 0 Å². The second-order valence-corrected chi connectivity index (χ2v) is 10.8. The van der Waals surface area contributed by atoms with E-state index in [2.05, 4.69) is 47.7 Å². The van der Waals surface area contributed by atoms with E-state index in [0.717, 1.165) is 29.4 Å². The van der Waals surface area contributed by atoms with E-state index in [0.29, 0.717) is 12.0 Å². The van der Waals surface area contributed by atoms with Crippen LogP contribution in [0.5, 0.6) is 0 Å². The molecule has 3 rings (SSSR count). The van der Waals surface area contributed by atoms with E-state index in [9.17, 15) is 9.59 Å². The van der Waals surface area contributed by atoms with Crippen LogP contribution in [-0.2, 0) is 25.8 Å². The van der Waals surface area contributed by atoms with Crippen molar-refractivity contribution in [1.29, 1.82) is 0 Å². The predicted octanol–water partition coefficient (Wildman–Crippen LogP) is 6.66. The van der Waals surface area contributed by atoms with Crippen molar-refractivity contribution in [2.75, 3.05) is 0 Å². The molecule has 0 N–H and O–H groups in total. The molecule has 6 heteroatoms. The summed E-state index contributed by atoms with van der Waals surface area (Å²) in [6.07, 6.45) is 15.6. The molecule has 0 aliphatic rings. The van der Waals surface area contributed by atoms with Gasteiger partial charge in [-0.25, -0.2) is 0 Å². The van der Waals surface area contributed by atoms with Crippen LogP contribution < -0.4 is 11.1 Å². The minimum Gasteiger partial charge on any atom is -0.327 e. The molecule has 194 valence electrons. The first-order valence-electron chi connectivity index (χ1n) is 13.4. The molecule has 0 saturated carbocycles. The van der Waals surface area contributed by atoms with Crippen molar-refractivity contribution in [3.05, 3.63) is 91.8 Å². The number of unbranched alkanes of at least 4 members (excludes halogenated alkanes) is 8. The fraction of sp³-hybridized carbons (Fsp3) is 0.500. The Balaban J connectivity index is 1.67. The van der Waals surface area contributed by atoms with Crippen molar-refractivity contribution >= 4 is 11.8 Å². The Morgan fingerprint density at radius 3 is 2.19 bits per heavy atom. The molecule has 2 aromatic heterocycles. The number of aromatic nitrogens is 3. The van der Waals surface area contributed by atoms with E-state index in [1.807, 2.05) is 12.3 Å². The van der Waals surface area contributed by atoms with E-state index in [1.165, 1.54) is 67.1 Å². The third-order valence-electron chi connectivity index (χ3n) is 6.58. The minimum atomic E-state index is -0.203. The summed E-state index contributed by atoms with van der Waals surface area (Å²) in [5, 5.41) is 0.771. The largest absolute Gasteiger partial charge is 0.327 e. The molecular weight excluding hydrogens is 466 g/mol. The maximum atomic E-state index is 12.9. The molecule has 1 aromatic carbocycles. The van der Waals surface area contributed by atoms with Crippen molar-refractivity contribution in [1.82, 2.24) is 14.1 Å². The van der Waals surface area contributed by atoms with Crippen LogP contribution in [0.25, 0.3) is 0 Å². The van der Waals surface area contributed by atoms with Crippen molar-refractivity contribution in [2.45, 2.75) is 95.5 Å². The standard InChI is InChI=1S/C30H41N3O2S/c1-4-5-6-7-8-9-10-11-12-18-33-22-27(20-26-17-19-32(3)28(34)21-26)29(35)31-30(33)36-23-25-15-13-24(2)14-16-25/h13-17,19,21-22H,4-12,18,20,23H2,1-3H3. The molecule has 0 saturated heterocycles. The van der Waals surface area contributed by atoms with Gasteiger partial charge in [-0.2, -0.15) is 4.98 Å². The fourth-order valence-electron chi connectivity index (χ4n) is 4.26. The number of hydrogen-bond acceptors (Lipinski definition) is 4.